The van der Waals surface area contributed by atoms with Gasteiger partial charge in [-0.1, -0.05) is 19.8 Å². The van der Waals surface area contributed by atoms with Crippen molar-refractivity contribution < 1.29 is 14.7 Å². The highest BCUT2D eigenvalue weighted by Crippen LogP contribution is 2.32. The summed E-state index contributed by atoms with van der Waals surface area (Å²) in [6.07, 6.45) is 5.78. The number of carbonyl (C=O) groups excluding carboxylic acids is 1. The molecule has 1 aromatic rings. The number of hydrogen-bond acceptors (Lipinski definition) is 4. The first kappa shape index (κ1) is 15.7. The summed E-state index contributed by atoms with van der Waals surface area (Å²) in [7, 11) is 0. The fourth-order valence-electron chi connectivity index (χ4n) is 2.81. The summed E-state index contributed by atoms with van der Waals surface area (Å²) in [6, 6.07) is 0. The van der Waals surface area contributed by atoms with Gasteiger partial charge in [0, 0.05) is 11.5 Å². The van der Waals surface area contributed by atoms with Gasteiger partial charge < -0.3 is 10.4 Å². The SMILES string of the molecule is Cc1nc(/C=C/C(=O)NC2(C(=O)O)CCCC(C)C2)cs1. The number of aromatic nitrogens is 1. The van der Waals surface area contributed by atoms with Gasteiger partial charge in [0.25, 0.3) is 0 Å². The summed E-state index contributed by atoms with van der Waals surface area (Å²) in [4.78, 5) is 27.8. The lowest BCUT2D eigenvalue weighted by atomic mass is 9.76. The quantitative estimate of drug-likeness (QED) is 0.838. The summed E-state index contributed by atoms with van der Waals surface area (Å²) in [5.41, 5.74) is -0.411. The molecule has 21 heavy (non-hydrogen) atoms. The molecule has 0 spiro atoms. The first-order chi connectivity index (χ1) is 9.91. The molecule has 1 aliphatic carbocycles. The topological polar surface area (TPSA) is 79.3 Å². The van der Waals surface area contributed by atoms with E-state index in [-0.39, 0.29) is 5.91 Å². The van der Waals surface area contributed by atoms with Crippen molar-refractivity contribution >= 4 is 29.3 Å². The maximum absolute atomic E-state index is 12.0. The van der Waals surface area contributed by atoms with Crippen LogP contribution in [0, 0.1) is 12.8 Å². The molecule has 1 aliphatic rings. The highest BCUT2D eigenvalue weighted by atomic mass is 32.1. The standard InChI is InChI=1S/C15H20N2O3S/c1-10-4-3-7-15(8-10,14(19)20)17-13(18)6-5-12-9-21-11(2)16-12/h5-6,9-10H,3-4,7-8H2,1-2H3,(H,17,18)(H,19,20)/b6-5+. The Balaban J connectivity index is 2.05. The zero-order chi connectivity index (χ0) is 15.5. The van der Waals surface area contributed by atoms with Crippen LogP contribution in [0.3, 0.4) is 0 Å². The molecule has 1 fully saturated rings. The molecule has 0 saturated heterocycles. The largest absolute Gasteiger partial charge is 0.480 e. The van der Waals surface area contributed by atoms with Gasteiger partial charge in [0.05, 0.1) is 10.7 Å². The van der Waals surface area contributed by atoms with Gasteiger partial charge in [0.15, 0.2) is 0 Å². The highest BCUT2D eigenvalue weighted by Gasteiger charge is 2.42. The van der Waals surface area contributed by atoms with Gasteiger partial charge in [0.2, 0.25) is 5.91 Å². The van der Waals surface area contributed by atoms with Crippen LogP contribution in [0.4, 0.5) is 0 Å². The molecule has 2 rings (SSSR count). The molecule has 2 atom stereocenters. The van der Waals surface area contributed by atoms with Crippen LogP contribution in [0.15, 0.2) is 11.5 Å². The van der Waals surface area contributed by atoms with E-state index < -0.39 is 11.5 Å². The number of nitrogens with zero attached hydrogens (tertiary/aromatic N) is 1. The third-order valence-corrected chi connectivity index (χ3v) is 4.60. The monoisotopic (exact) mass is 308 g/mol. The molecule has 2 N–H and O–H groups in total. The zero-order valence-corrected chi connectivity index (χ0v) is 13.1. The molecule has 1 saturated carbocycles. The van der Waals surface area contributed by atoms with Gasteiger partial charge in [-0.05, 0) is 31.8 Å². The maximum Gasteiger partial charge on any atom is 0.329 e. The second-order valence-electron chi connectivity index (χ2n) is 5.70. The van der Waals surface area contributed by atoms with E-state index >= 15 is 0 Å². The third-order valence-electron chi connectivity index (χ3n) is 3.81. The van der Waals surface area contributed by atoms with E-state index in [1.54, 1.807) is 6.08 Å². The van der Waals surface area contributed by atoms with Crippen LogP contribution in [0.25, 0.3) is 6.08 Å². The van der Waals surface area contributed by atoms with E-state index in [9.17, 15) is 14.7 Å². The third kappa shape index (κ3) is 3.91. The molecule has 0 radical (unpaired) electrons. The van der Waals surface area contributed by atoms with Crippen molar-refractivity contribution in [1.29, 1.82) is 0 Å². The minimum absolute atomic E-state index is 0.306. The first-order valence-corrected chi connectivity index (χ1v) is 7.95. The molecule has 1 aromatic heterocycles. The van der Waals surface area contributed by atoms with Crippen molar-refractivity contribution in [3.63, 3.8) is 0 Å². The Bertz CT molecular complexity index is 567. The molecule has 1 amide bonds. The Hall–Kier alpha value is -1.69. The average Bonchev–Trinajstić information content (AvgIpc) is 2.82. The molecular weight excluding hydrogens is 288 g/mol. The van der Waals surface area contributed by atoms with Gasteiger partial charge in [-0.15, -0.1) is 11.3 Å². The summed E-state index contributed by atoms with van der Waals surface area (Å²) in [5.74, 6) is -1.02. The second-order valence-corrected chi connectivity index (χ2v) is 6.76. The minimum Gasteiger partial charge on any atom is -0.480 e. The number of carbonyl (C=O) groups is 2. The molecule has 0 aliphatic heterocycles. The van der Waals surface area contributed by atoms with E-state index in [2.05, 4.69) is 10.3 Å². The molecular formula is C15H20N2O3S. The summed E-state index contributed by atoms with van der Waals surface area (Å²) in [6.45, 7) is 3.92. The fourth-order valence-corrected chi connectivity index (χ4v) is 3.39. The lowest BCUT2D eigenvalue weighted by Gasteiger charge is -2.36. The Labute approximate surface area is 128 Å². The molecule has 6 heteroatoms. The lowest BCUT2D eigenvalue weighted by Crippen LogP contribution is -2.56. The van der Waals surface area contributed by atoms with Crippen molar-refractivity contribution in [1.82, 2.24) is 10.3 Å². The van der Waals surface area contributed by atoms with Crippen molar-refractivity contribution in [3.05, 3.63) is 22.2 Å². The number of carboxylic acid groups (broad SMARTS) is 1. The van der Waals surface area contributed by atoms with Crippen LogP contribution in [0.1, 0.15) is 43.3 Å². The summed E-state index contributed by atoms with van der Waals surface area (Å²) < 4.78 is 0. The summed E-state index contributed by atoms with van der Waals surface area (Å²) >= 11 is 1.51. The number of rotatable bonds is 4. The summed E-state index contributed by atoms with van der Waals surface area (Å²) in [5, 5.41) is 15.0. The number of amides is 1. The number of nitrogens with one attached hydrogen (secondary N) is 1. The smallest absolute Gasteiger partial charge is 0.329 e. The van der Waals surface area contributed by atoms with Gasteiger partial charge in [-0.2, -0.15) is 0 Å². The molecule has 114 valence electrons. The normalized spacial score (nSPS) is 25.9. The Morgan fingerprint density at radius 3 is 2.90 bits per heavy atom. The van der Waals surface area contributed by atoms with Crippen molar-refractivity contribution in [2.24, 2.45) is 5.92 Å². The minimum atomic E-state index is -1.13. The van der Waals surface area contributed by atoms with Gasteiger partial charge in [-0.3, -0.25) is 4.79 Å². The highest BCUT2D eigenvalue weighted by molar-refractivity contribution is 7.09. The Kier molecular flexibility index (Phi) is 4.77. The van der Waals surface area contributed by atoms with E-state index in [0.717, 1.165) is 17.8 Å². The average molecular weight is 308 g/mol. The predicted molar refractivity (Wildman–Crippen MR) is 82.0 cm³/mol. The molecule has 5 nitrogen and oxygen atoms in total. The van der Waals surface area contributed by atoms with Gasteiger partial charge in [-0.25, -0.2) is 9.78 Å². The van der Waals surface area contributed by atoms with E-state index in [4.69, 9.17) is 0 Å². The molecule has 2 unspecified atom stereocenters. The number of carboxylic acids is 1. The van der Waals surface area contributed by atoms with Gasteiger partial charge in [0.1, 0.15) is 5.54 Å². The lowest BCUT2D eigenvalue weighted by molar-refractivity contribution is -0.149. The zero-order valence-electron chi connectivity index (χ0n) is 12.3. The molecule has 1 heterocycles. The van der Waals surface area contributed by atoms with Crippen LogP contribution in [-0.4, -0.2) is 27.5 Å². The Morgan fingerprint density at radius 1 is 1.57 bits per heavy atom. The van der Waals surface area contributed by atoms with Crippen molar-refractivity contribution in [2.75, 3.05) is 0 Å². The van der Waals surface area contributed by atoms with Crippen LogP contribution in [0.5, 0.6) is 0 Å². The molecule has 0 aromatic carbocycles. The van der Waals surface area contributed by atoms with E-state index in [0.29, 0.717) is 24.5 Å². The van der Waals surface area contributed by atoms with Crippen molar-refractivity contribution in [2.45, 2.75) is 45.1 Å². The number of aliphatic carboxylic acids is 1. The number of aryl methyl sites for hydroxylation is 1. The molecule has 0 bridgehead atoms. The fraction of sp³-hybridized carbons (Fsp3) is 0.533. The van der Waals surface area contributed by atoms with Crippen LogP contribution in [-0.2, 0) is 9.59 Å². The maximum atomic E-state index is 12.0. The van der Waals surface area contributed by atoms with E-state index in [1.165, 1.54) is 17.4 Å². The van der Waals surface area contributed by atoms with Crippen molar-refractivity contribution in [3.8, 4) is 0 Å². The van der Waals surface area contributed by atoms with Crippen LogP contribution in [0.2, 0.25) is 0 Å². The number of thiazole rings is 1. The first-order valence-electron chi connectivity index (χ1n) is 7.07. The van der Waals surface area contributed by atoms with E-state index in [1.807, 2.05) is 19.2 Å². The van der Waals surface area contributed by atoms with Crippen LogP contribution < -0.4 is 5.32 Å². The second kappa shape index (κ2) is 6.39. The predicted octanol–water partition coefficient (Wildman–Crippen LogP) is 2.61. The Morgan fingerprint density at radius 2 is 2.33 bits per heavy atom. The van der Waals surface area contributed by atoms with Gasteiger partial charge >= 0.3 is 5.97 Å². The van der Waals surface area contributed by atoms with Crippen LogP contribution >= 0.6 is 11.3 Å². The number of hydrogen-bond donors (Lipinski definition) is 2.